The molecule has 11 nitrogen and oxygen atoms in total. The van der Waals surface area contributed by atoms with Gasteiger partial charge in [-0.05, 0) is 82.3 Å². The molecule has 0 aromatic heterocycles. The minimum atomic E-state index is -4.51. The molecule has 0 radical (unpaired) electrons. The highest BCUT2D eigenvalue weighted by atomic mass is 31.2. The first-order valence-corrected chi connectivity index (χ1v) is 19.4. The van der Waals surface area contributed by atoms with E-state index in [-0.39, 0.29) is 43.9 Å². The summed E-state index contributed by atoms with van der Waals surface area (Å²) in [6.45, 7) is 9.67. The molecule has 0 aliphatic heterocycles. The quantitative estimate of drug-likeness (QED) is 0.0766. The topological polar surface area (TPSA) is 171 Å². The Balaban J connectivity index is 1.29. The molecule has 4 rings (SSSR count). The fraction of sp³-hybridized carbons (Fsp3) is 0.750. The van der Waals surface area contributed by atoms with Crippen LogP contribution in [0.4, 0.5) is 4.39 Å². The first kappa shape index (κ1) is 39.7. The molecule has 0 aromatic rings. The van der Waals surface area contributed by atoms with Crippen LogP contribution in [0.1, 0.15) is 91.9 Å². The number of ketones is 2. The van der Waals surface area contributed by atoms with Gasteiger partial charge in [0.15, 0.2) is 17.2 Å². The number of carbonyl (C=O) groups is 3. The van der Waals surface area contributed by atoms with E-state index in [1.165, 1.54) is 12.2 Å². The number of Topliss-reactive ketones (excluding diaryl/α,β-unsaturated/α-hetero) is 1. The number of aliphatic hydroxyl groups excluding tert-OH is 1. The number of hydrogen-bond acceptors (Lipinski definition) is 8. The van der Waals surface area contributed by atoms with Crippen LogP contribution in [0, 0.1) is 28.6 Å². The van der Waals surface area contributed by atoms with Crippen LogP contribution >= 0.6 is 7.75 Å². The highest BCUT2D eigenvalue weighted by molar-refractivity contribution is 7.50. The Bertz CT molecular complexity index is 1370. The summed E-state index contributed by atoms with van der Waals surface area (Å²) in [5.41, 5.74) is -5.97. The summed E-state index contributed by atoms with van der Waals surface area (Å²) in [5, 5.41) is 28.5. The van der Waals surface area contributed by atoms with Gasteiger partial charge in [0.1, 0.15) is 18.8 Å². The van der Waals surface area contributed by atoms with Crippen molar-refractivity contribution in [2.24, 2.45) is 28.6 Å². The lowest BCUT2D eigenvalue weighted by Crippen LogP contribution is -2.69. The van der Waals surface area contributed by atoms with Gasteiger partial charge in [-0.2, -0.15) is 0 Å². The van der Waals surface area contributed by atoms with Crippen LogP contribution in [0.5, 0.6) is 0 Å². The first-order chi connectivity index (χ1) is 23.0. The summed E-state index contributed by atoms with van der Waals surface area (Å²) in [5.74, 6) is -3.22. The molecule has 3 fully saturated rings. The van der Waals surface area contributed by atoms with Gasteiger partial charge in [-0.25, -0.2) is 14.0 Å². The number of amides is 1. The molecule has 3 saturated carbocycles. The summed E-state index contributed by atoms with van der Waals surface area (Å²) >= 11 is 0. The van der Waals surface area contributed by atoms with E-state index in [0.29, 0.717) is 24.8 Å². The molecule has 0 aromatic carbocycles. The van der Waals surface area contributed by atoms with Gasteiger partial charge in [0.2, 0.25) is 5.91 Å². The van der Waals surface area contributed by atoms with Gasteiger partial charge in [-0.1, -0.05) is 51.3 Å². The van der Waals surface area contributed by atoms with Crippen LogP contribution in [-0.4, -0.2) is 82.4 Å². The molecular weight excluding hydrogens is 654 g/mol. The van der Waals surface area contributed by atoms with Crippen LogP contribution in [0.3, 0.4) is 0 Å². The number of unbranched alkanes of at least 4 members (excludes halogenated alkanes) is 3. The van der Waals surface area contributed by atoms with Gasteiger partial charge in [-0.15, -0.1) is 6.58 Å². The SMILES string of the molecule is C=CCCCCCC(CC)OCC(=O)NCCNP(=O)(O)OCC(=O)C1(O)C(C)CC2C3CCC4=CC(=O)C=CC4(C)C3(F)C(O)CC21C. The van der Waals surface area contributed by atoms with E-state index in [4.69, 9.17) is 9.26 Å². The Kier molecular flexibility index (Phi) is 12.7. The summed E-state index contributed by atoms with van der Waals surface area (Å²) < 4.78 is 40.9. The number of rotatable bonds is 18. The van der Waals surface area contributed by atoms with Gasteiger partial charge < -0.3 is 25.2 Å². The molecule has 10 atom stereocenters. The second-order valence-corrected chi connectivity index (χ2v) is 16.5. The van der Waals surface area contributed by atoms with Crippen molar-refractivity contribution >= 4 is 25.2 Å². The molecule has 4 aliphatic rings. The number of ether oxygens (including phenoxy) is 1. The Morgan fingerprint density at radius 1 is 1.20 bits per heavy atom. The molecule has 0 spiro atoms. The number of aliphatic hydroxyl groups is 2. The Morgan fingerprint density at radius 2 is 1.94 bits per heavy atom. The summed E-state index contributed by atoms with van der Waals surface area (Å²) in [4.78, 5) is 48.4. The van der Waals surface area contributed by atoms with Crippen LogP contribution in [-0.2, 0) is 28.2 Å². The molecule has 49 heavy (non-hydrogen) atoms. The predicted octanol–water partition coefficient (Wildman–Crippen LogP) is 4.66. The van der Waals surface area contributed by atoms with Crippen molar-refractivity contribution in [3.05, 3.63) is 36.5 Å². The molecule has 0 heterocycles. The van der Waals surface area contributed by atoms with E-state index < -0.39 is 66.1 Å². The van der Waals surface area contributed by atoms with Crippen molar-refractivity contribution < 1.29 is 47.7 Å². The van der Waals surface area contributed by atoms with Crippen molar-refractivity contribution in [1.29, 1.82) is 0 Å². The van der Waals surface area contributed by atoms with Gasteiger partial charge in [0, 0.05) is 29.8 Å². The maximum atomic E-state index is 17.4. The maximum Gasteiger partial charge on any atom is 0.403 e. The van der Waals surface area contributed by atoms with Gasteiger partial charge in [-0.3, -0.25) is 18.9 Å². The van der Waals surface area contributed by atoms with Crippen LogP contribution in [0.25, 0.3) is 0 Å². The number of hydrogen-bond donors (Lipinski definition) is 5. The molecule has 0 bridgehead atoms. The molecule has 13 heteroatoms. The van der Waals surface area contributed by atoms with Crippen LogP contribution < -0.4 is 10.4 Å². The fourth-order valence-corrected chi connectivity index (χ4v) is 10.1. The molecule has 10 unspecified atom stereocenters. The normalized spacial score (nSPS) is 36.9. The maximum absolute atomic E-state index is 17.4. The Labute approximate surface area is 289 Å². The number of allylic oxidation sites excluding steroid dienone is 5. The van der Waals surface area contributed by atoms with E-state index >= 15 is 4.39 Å². The summed E-state index contributed by atoms with van der Waals surface area (Å²) in [6, 6.07) is 0. The Morgan fingerprint density at radius 3 is 2.63 bits per heavy atom. The molecular formula is C36H56FN2O9P. The number of halogens is 1. The van der Waals surface area contributed by atoms with Crippen molar-refractivity contribution in [2.75, 3.05) is 26.3 Å². The monoisotopic (exact) mass is 710 g/mol. The van der Waals surface area contributed by atoms with E-state index in [1.54, 1.807) is 26.8 Å². The third-order valence-electron chi connectivity index (χ3n) is 12.1. The number of alkyl halides is 1. The summed E-state index contributed by atoms with van der Waals surface area (Å²) in [7, 11) is -4.51. The Hall–Kier alpha value is -2.05. The minimum absolute atomic E-state index is 0.00649. The molecule has 0 saturated heterocycles. The zero-order valence-corrected chi connectivity index (χ0v) is 30.3. The second kappa shape index (κ2) is 15.7. The lowest BCUT2D eigenvalue weighted by atomic mass is 9.44. The van der Waals surface area contributed by atoms with E-state index in [1.807, 2.05) is 13.0 Å². The smallest absolute Gasteiger partial charge is 0.390 e. The molecule has 276 valence electrons. The number of fused-ring (bicyclic) bond motifs is 5. The minimum Gasteiger partial charge on any atom is -0.390 e. The summed E-state index contributed by atoms with van der Waals surface area (Å²) in [6.07, 6.45) is 11.3. The van der Waals surface area contributed by atoms with Crippen molar-refractivity contribution in [1.82, 2.24) is 10.4 Å². The first-order valence-electron chi connectivity index (χ1n) is 17.8. The third-order valence-corrected chi connectivity index (χ3v) is 13.2. The fourth-order valence-electron chi connectivity index (χ4n) is 9.33. The predicted molar refractivity (Wildman–Crippen MR) is 183 cm³/mol. The highest BCUT2D eigenvalue weighted by Gasteiger charge is 2.75. The molecule has 4 aliphatic carbocycles. The van der Waals surface area contributed by atoms with E-state index in [9.17, 15) is 34.1 Å². The van der Waals surface area contributed by atoms with Crippen molar-refractivity contribution in [2.45, 2.75) is 115 Å². The second-order valence-electron chi connectivity index (χ2n) is 14.9. The molecule has 5 N–H and O–H groups in total. The van der Waals surface area contributed by atoms with Crippen molar-refractivity contribution in [3.8, 4) is 0 Å². The van der Waals surface area contributed by atoms with Crippen LogP contribution in [0.15, 0.2) is 36.5 Å². The van der Waals surface area contributed by atoms with Gasteiger partial charge in [0.25, 0.3) is 0 Å². The van der Waals surface area contributed by atoms with Crippen molar-refractivity contribution in [3.63, 3.8) is 0 Å². The lowest BCUT2D eigenvalue weighted by Gasteiger charge is -2.62. The number of nitrogens with one attached hydrogen (secondary N) is 2. The number of carbonyl (C=O) groups excluding carboxylic acids is 3. The van der Waals surface area contributed by atoms with Crippen LogP contribution in [0.2, 0.25) is 0 Å². The largest absolute Gasteiger partial charge is 0.403 e. The van der Waals surface area contributed by atoms with E-state index in [0.717, 1.165) is 38.5 Å². The zero-order valence-electron chi connectivity index (χ0n) is 29.4. The highest BCUT2D eigenvalue weighted by Crippen LogP contribution is 2.70. The average molecular weight is 711 g/mol. The molecule has 1 amide bonds. The van der Waals surface area contributed by atoms with Gasteiger partial charge >= 0.3 is 7.75 Å². The zero-order chi connectivity index (χ0) is 36.3. The van der Waals surface area contributed by atoms with Gasteiger partial charge in [0.05, 0.1) is 12.2 Å². The lowest BCUT2D eigenvalue weighted by molar-refractivity contribution is -0.219. The standard InChI is InChI=1S/C36H56FN2O9P/c1-6-8-9-10-11-12-27(7-2)47-23-32(43)38-17-18-39-49(45,46)48-22-31(42)36(44)24(3)19-29-28-14-13-25-20-26(40)15-16-33(25,4)35(28,37)30(41)21-34(29,36)5/h6,15-16,20,24,27-30,41,44H,1,7-14,17-19,21-23H2,2-5H3,(H,38,43)(H2,39,45,46). The van der Waals surface area contributed by atoms with E-state index in [2.05, 4.69) is 17.0 Å². The average Bonchev–Trinajstić information content (AvgIpc) is 3.25. The third kappa shape index (κ3) is 7.62.